The highest BCUT2D eigenvalue weighted by molar-refractivity contribution is 6.11. The number of carbonyl (C=O) groups is 1. The number of nitrogens with zero attached hydrogens (tertiary/aromatic N) is 2. The number of carbonyl (C=O) groups excluding carboxylic acids is 1. The quantitative estimate of drug-likeness (QED) is 0.752. The lowest BCUT2D eigenvalue weighted by atomic mass is 10.1. The number of rotatable bonds is 4. The van der Waals surface area contributed by atoms with E-state index in [2.05, 4.69) is 4.57 Å². The molecule has 3 rings (SSSR count). The molecule has 0 amide bonds. The molecule has 2 aromatic carbocycles. The summed E-state index contributed by atoms with van der Waals surface area (Å²) in [5.41, 5.74) is 3.50. The smallest absolute Gasteiger partial charge is 0.179 e. The topological polar surface area (TPSA) is 45.5 Å². The zero-order valence-corrected chi connectivity index (χ0v) is 13.6. The fraction of sp³-hybridized carbons (Fsp3) is 0.211. The predicted molar refractivity (Wildman–Crippen MR) is 92.6 cm³/mol. The SMILES string of the molecule is Cc1c(C(=O)CN(C)C)c2cc(O)ccc2n1-c1ccccc1. The van der Waals surface area contributed by atoms with Crippen LogP contribution in [0.15, 0.2) is 48.5 Å². The van der Waals surface area contributed by atoms with Gasteiger partial charge in [0.2, 0.25) is 0 Å². The van der Waals surface area contributed by atoms with Crippen molar-refractivity contribution in [2.24, 2.45) is 0 Å². The molecular weight excluding hydrogens is 288 g/mol. The second kappa shape index (κ2) is 5.89. The number of phenols is 1. The average Bonchev–Trinajstić information content (AvgIpc) is 2.78. The van der Waals surface area contributed by atoms with Crippen LogP contribution in [0, 0.1) is 6.92 Å². The molecule has 0 unspecified atom stereocenters. The fourth-order valence-electron chi connectivity index (χ4n) is 3.03. The summed E-state index contributed by atoms with van der Waals surface area (Å²) >= 11 is 0. The van der Waals surface area contributed by atoms with E-state index in [1.54, 1.807) is 12.1 Å². The first-order valence-electron chi connectivity index (χ1n) is 7.56. The summed E-state index contributed by atoms with van der Waals surface area (Å²) in [6, 6.07) is 15.1. The first kappa shape index (κ1) is 15.3. The summed E-state index contributed by atoms with van der Waals surface area (Å²) in [6.45, 7) is 2.29. The number of aromatic nitrogens is 1. The summed E-state index contributed by atoms with van der Waals surface area (Å²) in [5.74, 6) is 0.222. The van der Waals surface area contributed by atoms with Crippen LogP contribution in [0.2, 0.25) is 0 Å². The molecule has 0 fully saturated rings. The van der Waals surface area contributed by atoms with E-state index in [1.807, 2.05) is 62.3 Å². The Labute approximate surface area is 135 Å². The summed E-state index contributed by atoms with van der Waals surface area (Å²) in [4.78, 5) is 14.6. The third-order valence-electron chi connectivity index (χ3n) is 3.94. The molecular formula is C19H20N2O2. The van der Waals surface area contributed by atoms with Crippen molar-refractivity contribution in [3.05, 3.63) is 59.8 Å². The minimum atomic E-state index is 0.0535. The molecule has 4 nitrogen and oxygen atoms in total. The molecule has 4 heteroatoms. The molecule has 0 saturated carbocycles. The standard InChI is InChI=1S/C19H20N2O2/c1-13-19(18(23)12-20(2)3)16-11-15(22)9-10-17(16)21(13)14-7-5-4-6-8-14/h4-11,22H,12H2,1-3H3. The second-order valence-corrected chi connectivity index (χ2v) is 5.99. The Kier molecular flexibility index (Phi) is 3.92. The highest BCUT2D eigenvalue weighted by Crippen LogP contribution is 2.32. The number of ketones is 1. The maximum atomic E-state index is 12.7. The minimum Gasteiger partial charge on any atom is -0.508 e. The number of phenolic OH excluding ortho intramolecular Hbond substituents is 1. The summed E-state index contributed by atoms with van der Waals surface area (Å²) in [7, 11) is 3.75. The van der Waals surface area contributed by atoms with E-state index < -0.39 is 0 Å². The molecule has 1 heterocycles. The molecule has 0 radical (unpaired) electrons. The number of para-hydroxylation sites is 1. The Hall–Kier alpha value is -2.59. The van der Waals surface area contributed by atoms with Crippen molar-refractivity contribution >= 4 is 16.7 Å². The van der Waals surface area contributed by atoms with Crippen LogP contribution in [0.4, 0.5) is 0 Å². The van der Waals surface area contributed by atoms with Gasteiger partial charge in [-0.1, -0.05) is 18.2 Å². The van der Waals surface area contributed by atoms with Gasteiger partial charge in [-0.2, -0.15) is 0 Å². The highest BCUT2D eigenvalue weighted by atomic mass is 16.3. The van der Waals surface area contributed by atoms with Gasteiger partial charge in [0.1, 0.15) is 5.75 Å². The number of Topliss-reactive ketones (excluding diaryl/α,β-unsaturated/α-hetero) is 1. The van der Waals surface area contributed by atoms with Crippen molar-refractivity contribution in [2.75, 3.05) is 20.6 Å². The van der Waals surface area contributed by atoms with Crippen LogP contribution < -0.4 is 0 Å². The van der Waals surface area contributed by atoms with Crippen LogP contribution in [-0.4, -0.2) is 41.0 Å². The zero-order valence-electron chi connectivity index (χ0n) is 13.6. The van der Waals surface area contributed by atoms with E-state index in [1.165, 1.54) is 0 Å². The summed E-state index contributed by atoms with van der Waals surface area (Å²) < 4.78 is 2.07. The normalized spacial score (nSPS) is 11.3. The predicted octanol–water partition coefficient (Wildman–Crippen LogP) is 3.39. The maximum Gasteiger partial charge on any atom is 0.179 e. The van der Waals surface area contributed by atoms with Crippen LogP contribution in [0.3, 0.4) is 0 Å². The van der Waals surface area contributed by atoms with Crippen LogP contribution in [0.5, 0.6) is 5.75 Å². The zero-order chi connectivity index (χ0) is 16.6. The molecule has 0 saturated heterocycles. The van der Waals surface area contributed by atoms with Crippen LogP contribution in [0.25, 0.3) is 16.6 Å². The lowest BCUT2D eigenvalue weighted by Gasteiger charge is -2.10. The van der Waals surface area contributed by atoms with Crippen LogP contribution >= 0.6 is 0 Å². The van der Waals surface area contributed by atoms with Gasteiger partial charge in [0.25, 0.3) is 0 Å². The van der Waals surface area contributed by atoms with E-state index in [9.17, 15) is 9.90 Å². The van der Waals surface area contributed by atoms with Crippen molar-refractivity contribution in [1.82, 2.24) is 9.47 Å². The van der Waals surface area contributed by atoms with Gasteiger partial charge >= 0.3 is 0 Å². The van der Waals surface area contributed by atoms with Crippen LogP contribution in [0.1, 0.15) is 16.1 Å². The third kappa shape index (κ3) is 2.73. The average molecular weight is 308 g/mol. The lowest BCUT2D eigenvalue weighted by Crippen LogP contribution is -2.22. The van der Waals surface area contributed by atoms with Gasteiger partial charge in [0.15, 0.2) is 5.78 Å². The van der Waals surface area contributed by atoms with Gasteiger partial charge in [-0.25, -0.2) is 0 Å². The number of benzene rings is 2. The maximum absolute atomic E-state index is 12.7. The number of likely N-dealkylation sites (N-methyl/N-ethyl adjacent to an activating group) is 1. The fourth-order valence-corrected chi connectivity index (χ4v) is 3.03. The Morgan fingerprint density at radius 1 is 1.13 bits per heavy atom. The Balaban J connectivity index is 2.30. The van der Waals surface area contributed by atoms with Crippen molar-refractivity contribution in [1.29, 1.82) is 0 Å². The summed E-state index contributed by atoms with van der Waals surface area (Å²) in [5, 5.41) is 10.6. The number of fused-ring (bicyclic) bond motifs is 1. The molecule has 0 bridgehead atoms. The lowest BCUT2D eigenvalue weighted by molar-refractivity contribution is 0.0959. The van der Waals surface area contributed by atoms with Crippen molar-refractivity contribution in [2.45, 2.75) is 6.92 Å². The van der Waals surface area contributed by atoms with Gasteiger partial charge in [0.05, 0.1) is 12.1 Å². The van der Waals surface area contributed by atoms with Gasteiger partial charge in [-0.3, -0.25) is 4.79 Å². The van der Waals surface area contributed by atoms with E-state index in [0.717, 1.165) is 22.3 Å². The molecule has 0 aliphatic heterocycles. The number of hydrogen-bond acceptors (Lipinski definition) is 3. The highest BCUT2D eigenvalue weighted by Gasteiger charge is 2.21. The number of hydrogen-bond donors (Lipinski definition) is 1. The van der Waals surface area contributed by atoms with Gasteiger partial charge in [0, 0.05) is 22.3 Å². The molecule has 0 atom stereocenters. The van der Waals surface area contributed by atoms with Crippen LogP contribution in [-0.2, 0) is 0 Å². The first-order chi connectivity index (χ1) is 11.0. The van der Waals surface area contributed by atoms with E-state index in [0.29, 0.717) is 12.1 Å². The second-order valence-electron chi connectivity index (χ2n) is 5.99. The Morgan fingerprint density at radius 2 is 1.83 bits per heavy atom. The Bertz CT molecular complexity index is 864. The first-order valence-corrected chi connectivity index (χ1v) is 7.56. The molecule has 3 aromatic rings. The third-order valence-corrected chi connectivity index (χ3v) is 3.94. The van der Waals surface area contributed by atoms with E-state index in [-0.39, 0.29) is 11.5 Å². The minimum absolute atomic E-state index is 0.0535. The van der Waals surface area contributed by atoms with Gasteiger partial charge in [-0.15, -0.1) is 0 Å². The van der Waals surface area contributed by atoms with Gasteiger partial charge < -0.3 is 14.6 Å². The van der Waals surface area contributed by atoms with E-state index >= 15 is 0 Å². The number of aromatic hydroxyl groups is 1. The Morgan fingerprint density at radius 3 is 2.48 bits per heavy atom. The largest absolute Gasteiger partial charge is 0.508 e. The molecule has 1 aromatic heterocycles. The molecule has 0 aliphatic carbocycles. The molecule has 23 heavy (non-hydrogen) atoms. The van der Waals surface area contributed by atoms with Crippen molar-refractivity contribution in [3.8, 4) is 11.4 Å². The molecule has 0 spiro atoms. The summed E-state index contributed by atoms with van der Waals surface area (Å²) in [6.07, 6.45) is 0. The monoisotopic (exact) mass is 308 g/mol. The molecule has 0 aliphatic rings. The van der Waals surface area contributed by atoms with Crippen molar-refractivity contribution in [3.63, 3.8) is 0 Å². The molecule has 1 N–H and O–H groups in total. The molecule has 118 valence electrons. The van der Waals surface area contributed by atoms with Crippen molar-refractivity contribution < 1.29 is 9.90 Å². The van der Waals surface area contributed by atoms with Gasteiger partial charge in [-0.05, 0) is 51.4 Å². The van der Waals surface area contributed by atoms with E-state index in [4.69, 9.17) is 0 Å².